The first kappa shape index (κ1) is 15.4. The van der Waals surface area contributed by atoms with Crippen molar-refractivity contribution in [2.24, 2.45) is 5.10 Å². The summed E-state index contributed by atoms with van der Waals surface area (Å²) in [7, 11) is 0. The summed E-state index contributed by atoms with van der Waals surface area (Å²) in [5, 5.41) is 3.71. The minimum atomic E-state index is -4.50. The number of hydrazone groups is 1. The maximum absolute atomic E-state index is 12.5. The maximum atomic E-state index is 12.5. The highest BCUT2D eigenvalue weighted by molar-refractivity contribution is 6.32. The molecule has 5 nitrogen and oxygen atoms in total. The molecule has 1 aromatic carbocycles. The second-order valence-corrected chi connectivity index (χ2v) is 4.94. The Morgan fingerprint density at radius 3 is 2.74 bits per heavy atom. The molecule has 9 heteroatoms. The molecule has 1 aromatic heterocycles. The molecule has 0 bridgehead atoms. The first-order valence-corrected chi connectivity index (χ1v) is 6.73. The summed E-state index contributed by atoms with van der Waals surface area (Å²) < 4.78 is 47.9. The number of anilines is 1. The molecule has 0 atom stereocenters. The number of alkyl halides is 3. The molecule has 0 spiro atoms. The van der Waals surface area contributed by atoms with E-state index in [1.54, 1.807) is 18.2 Å². The third-order valence-corrected chi connectivity index (χ3v) is 3.24. The quantitative estimate of drug-likeness (QED) is 0.677. The van der Waals surface area contributed by atoms with Gasteiger partial charge in [-0.3, -0.25) is 5.43 Å². The number of aromatic nitrogens is 1. The van der Waals surface area contributed by atoms with Crippen molar-refractivity contribution in [3.63, 3.8) is 0 Å². The molecular weight excluding hydrogens is 335 g/mol. The van der Waals surface area contributed by atoms with E-state index < -0.39 is 11.7 Å². The minimum absolute atomic E-state index is 0.0247. The summed E-state index contributed by atoms with van der Waals surface area (Å²) in [5.74, 6) is 1.26. The highest BCUT2D eigenvalue weighted by Crippen LogP contribution is 2.33. The molecule has 0 aliphatic carbocycles. The van der Waals surface area contributed by atoms with Gasteiger partial charge in [0.2, 0.25) is 6.79 Å². The van der Waals surface area contributed by atoms with Gasteiger partial charge in [0.05, 0.1) is 16.8 Å². The largest absolute Gasteiger partial charge is 0.454 e. The van der Waals surface area contributed by atoms with E-state index in [9.17, 15) is 13.2 Å². The van der Waals surface area contributed by atoms with Gasteiger partial charge in [0.1, 0.15) is 0 Å². The molecule has 1 aliphatic rings. The molecule has 1 N–H and O–H groups in total. The van der Waals surface area contributed by atoms with Crippen LogP contribution in [-0.4, -0.2) is 18.0 Å². The van der Waals surface area contributed by atoms with E-state index in [1.807, 2.05) is 0 Å². The Morgan fingerprint density at radius 2 is 2.00 bits per heavy atom. The lowest BCUT2D eigenvalue weighted by Crippen LogP contribution is -2.06. The van der Waals surface area contributed by atoms with Gasteiger partial charge >= 0.3 is 6.18 Å². The second kappa shape index (κ2) is 5.96. The molecule has 120 valence electrons. The van der Waals surface area contributed by atoms with Crippen LogP contribution in [0, 0.1) is 0 Å². The van der Waals surface area contributed by atoms with Crippen LogP contribution in [-0.2, 0) is 6.18 Å². The first-order chi connectivity index (χ1) is 10.9. The third-order valence-electron chi connectivity index (χ3n) is 2.95. The molecule has 3 rings (SSSR count). The molecule has 2 aromatic rings. The van der Waals surface area contributed by atoms with Gasteiger partial charge in [-0.2, -0.15) is 18.3 Å². The SMILES string of the molecule is FC(F)(F)c1cnc(NN=Cc2ccc3c(c2)OCO3)c(Cl)c1. The number of benzene rings is 1. The van der Waals surface area contributed by atoms with Crippen LogP contribution >= 0.6 is 11.6 Å². The van der Waals surface area contributed by atoms with Crippen LogP contribution in [0.25, 0.3) is 0 Å². The predicted molar refractivity (Wildman–Crippen MR) is 78.0 cm³/mol. The van der Waals surface area contributed by atoms with E-state index in [-0.39, 0.29) is 17.6 Å². The van der Waals surface area contributed by atoms with Gasteiger partial charge in [-0.05, 0) is 29.8 Å². The summed E-state index contributed by atoms with van der Waals surface area (Å²) >= 11 is 5.76. The van der Waals surface area contributed by atoms with Crippen molar-refractivity contribution in [3.05, 3.63) is 46.6 Å². The molecule has 0 fully saturated rings. The molecule has 0 amide bonds. The molecule has 0 saturated heterocycles. The number of fused-ring (bicyclic) bond motifs is 1. The lowest BCUT2D eigenvalue weighted by atomic mass is 10.2. The molecule has 2 heterocycles. The predicted octanol–water partition coefficient (Wildman–Crippen LogP) is 3.93. The number of rotatable bonds is 3. The summed E-state index contributed by atoms with van der Waals surface area (Å²) in [4.78, 5) is 3.61. The van der Waals surface area contributed by atoms with Gasteiger partial charge < -0.3 is 9.47 Å². The van der Waals surface area contributed by atoms with Crippen molar-refractivity contribution in [3.8, 4) is 11.5 Å². The number of hydrogen-bond acceptors (Lipinski definition) is 5. The highest BCUT2D eigenvalue weighted by atomic mass is 35.5. The van der Waals surface area contributed by atoms with Crippen LogP contribution in [0.1, 0.15) is 11.1 Å². The van der Waals surface area contributed by atoms with Crippen molar-refractivity contribution in [2.75, 3.05) is 12.2 Å². The van der Waals surface area contributed by atoms with Gasteiger partial charge in [-0.1, -0.05) is 11.6 Å². The van der Waals surface area contributed by atoms with E-state index in [1.165, 1.54) is 6.21 Å². The fourth-order valence-electron chi connectivity index (χ4n) is 1.84. The number of hydrogen-bond donors (Lipinski definition) is 1. The molecular formula is C14H9ClF3N3O2. The van der Waals surface area contributed by atoms with Crippen LogP contribution in [0.2, 0.25) is 5.02 Å². The zero-order valence-corrected chi connectivity index (χ0v) is 12.1. The second-order valence-electron chi connectivity index (χ2n) is 4.53. The van der Waals surface area contributed by atoms with Gasteiger partial charge in [-0.15, -0.1) is 0 Å². The van der Waals surface area contributed by atoms with Crippen LogP contribution in [0.4, 0.5) is 19.0 Å². The summed E-state index contributed by atoms with van der Waals surface area (Å²) in [6, 6.07) is 5.98. The Morgan fingerprint density at radius 1 is 1.22 bits per heavy atom. The molecule has 0 radical (unpaired) electrons. The minimum Gasteiger partial charge on any atom is -0.454 e. The monoisotopic (exact) mass is 343 g/mol. The van der Waals surface area contributed by atoms with Gasteiger partial charge in [0, 0.05) is 6.20 Å². The number of nitrogens with one attached hydrogen (secondary N) is 1. The van der Waals surface area contributed by atoms with E-state index in [0.717, 1.165) is 6.07 Å². The number of pyridine rings is 1. The van der Waals surface area contributed by atoms with Crippen LogP contribution in [0.5, 0.6) is 11.5 Å². The van der Waals surface area contributed by atoms with Crippen molar-refractivity contribution in [1.29, 1.82) is 0 Å². The Kier molecular flexibility index (Phi) is 3.99. The first-order valence-electron chi connectivity index (χ1n) is 6.35. The zero-order valence-electron chi connectivity index (χ0n) is 11.4. The number of halogens is 4. The topological polar surface area (TPSA) is 55.7 Å². The third kappa shape index (κ3) is 3.48. The summed E-state index contributed by atoms with van der Waals surface area (Å²) in [6.45, 7) is 0.166. The number of nitrogens with zero attached hydrogens (tertiary/aromatic N) is 2. The average molecular weight is 344 g/mol. The van der Waals surface area contributed by atoms with Crippen LogP contribution < -0.4 is 14.9 Å². The van der Waals surface area contributed by atoms with Crippen molar-refractivity contribution < 1.29 is 22.6 Å². The highest BCUT2D eigenvalue weighted by Gasteiger charge is 2.31. The normalized spacial score (nSPS) is 13.6. The number of ether oxygens (including phenoxy) is 2. The Bertz CT molecular complexity index is 765. The standard InChI is InChI=1S/C14H9ClF3N3O2/c15-10-4-9(14(16,17)18)6-19-13(10)21-20-5-8-1-2-11-12(3-8)23-7-22-11/h1-6H,7H2,(H,19,21). The van der Waals surface area contributed by atoms with Gasteiger partial charge in [-0.25, -0.2) is 4.98 Å². The van der Waals surface area contributed by atoms with E-state index in [4.69, 9.17) is 21.1 Å². The van der Waals surface area contributed by atoms with Crippen molar-refractivity contribution in [1.82, 2.24) is 4.98 Å². The molecule has 0 saturated carbocycles. The Labute approximate surface area is 133 Å². The lowest BCUT2D eigenvalue weighted by molar-refractivity contribution is -0.137. The molecule has 1 aliphatic heterocycles. The van der Waals surface area contributed by atoms with Gasteiger partial charge in [0.25, 0.3) is 0 Å². The fraction of sp³-hybridized carbons (Fsp3) is 0.143. The molecule has 0 unspecified atom stereocenters. The smallest absolute Gasteiger partial charge is 0.417 e. The van der Waals surface area contributed by atoms with E-state index >= 15 is 0 Å². The Hall–Kier alpha value is -2.48. The van der Waals surface area contributed by atoms with E-state index in [0.29, 0.717) is 23.3 Å². The van der Waals surface area contributed by atoms with Crippen LogP contribution in [0.15, 0.2) is 35.6 Å². The summed E-state index contributed by atoms with van der Waals surface area (Å²) in [5.41, 5.74) is 2.28. The molecule has 23 heavy (non-hydrogen) atoms. The van der Waals surface area contributed by atoms with Crippen molar-refractivity contribution >= 4 is 23.6 Å². The lowest BCUT2D eigenvalue weighted by Gasteiger charge is -2.08. The van der Waals surface area contributed by atoms with Gasteiger partial charge in [0.15, 0.2) is 17.3 Å². The van der Waals surface area contributed by atoms with Crippen molar-refractivity contribution in [2.45, 2.75) is 6.18 Å². The average Bonchev–Trinajstić information content (AvgIpc) is 2.95. The fourth-order valence-corrected chi connectivity index (χ4v) is 2.05. The maximum Gasteiger partial charge on any atom is 0.417 e. The van der Waals surface area contributed by atoms with E-state index in [2.05, 4.69) is 15.5 Å². The Balaban J connectivity index is 1.70. The van der Waals surface area contributed by atoms with Crippen LogP contribution in [0.3, 0.4) is 0 Å². The zero-order chi connectivity index (χ0) is 16.4. The summed E-state index contributed by atoms with van der Waals surface area (Å²) in [6.07, 6.45) is -2.35.